The van der Waals surface area contributed by atoms with Gasteiger partial charge in [-0.3, -0.25) is 14.4 Å². The lowest BCUT2D eigenvalue weighted by molar-refractivity contribution is -0.140. The Labute approximate surface area is 246 Å². The number of nitrogens with zero attached hydrogens (tertiary/aromatic N) is 1. The molecule has 1 fully saturated rings. The molecular weight excluding hydrogens is 514 g/mol. The summed E-state index contributed by atoms with van der Waals surface area (Å²) < 4.78 is 5.99. The summed E-state index contributed by atoms with van der Waals surface area (Å²) in [6.07, 6.45) is 6.33. The van der Waals surface area contributed by atoms with E-state index in [2.05, 4.69) is 31.4 Å². The minimum absolute atomic E-state index is 0.0486. The Kier molecular flexibility index (Phi) is 13.2. The van der Waals surface area contributed by atoms with E-state index in [9.17, 15) is 14.4 Å². The van der Waals surface area contributed by atoms with Crippen LogP contribution in [0.1, 0.15) is 84.6 Å². The number of rotatable bonds is 15. The topological polar surface area (TPSA) is 87.7 Å². The lowest BCUT2D eigenvalue weighted by Crippen LogP contribution is -2.51. The Morgan fingerprint density at radius 3 is 2.41 bits per heavy atom. The maximum atomic E-state index is 13.8. The van der Waals surface area contributed by atoms with Crippen LogP contribution < -0.4 is 15.4 Å². The average molecular weight is 564 g/mol. The molecule has 3 amide bonds. The van der Waals surface area contributed by atoms with Gasteiger partial charge < -0.3 is 20.3 Å². The minimum atomic E-state index is -0.589. The maximum absolute atomic E-state index is 13.8. The van der Waals surface area contributed by atoms with E-state index in [4.69, 9.17) is 4.74 Å². The van der Waals surface area contributed by atoms with E-state index in [0.29, 0.717) is 38.9 Å². The van der Waals surface area contributed by atoms with E-state index in [1.807, 2.05) is 66.4 Å². The van der Waals surface area contributed by atoms with Gasteiger partial charge in [0.25, 0.3) is 0 Å². The van der Waals surface area contributed by atoms with Gasteiger partial charge in [0.2, 0.25) is 17.7 Å². The van der Waals surface area contributed by atoms with Crippen LogP contribution in [0.15, 0.2) is 54.6 Å². The van der Waals surface area contributed by atoms with Gasteiger partial charge in [0, 0.05) is 31.5 Å². The highest BCUT2D eigenvalue weighted by Crippen LogP contribution is 2.27. The van der Waals surface area contributed by atoms with E-state index in [1.54, 1.807) is 0 Å². The van der Waals surface area contributed by atoms with Crippen molar-refractivity contribution in [1.82, 2.24) is 15.5 Å². The molecule has 2 N–H and O–H groups in total. The molecule has 1 saturated heterocycles. The summed E-state index contributed by atoms with van der Waals surface area (Å²) in [5.74, 6) is 0.574. The van der Waals surface area contributed by atoms with Crippen LogP contribution in [0, 0.1) is 17.8 Å². The number of amides is 3. The number of hydrogen-bond acceptors (Lipinski definition) is 4. The molecule has 3 rings (SSSR count). The normalized spacial score (nSPS) is 17.0. The summed E-state index contributed by atoms with van der Waals surface area (Å²) >= 11 is 0. The number of ether oxygens (including phenoxy) is 1. The summed E-state index contributed by atoms with van der Waals surface area (Å²) in [6.45, 7) is 10.0. The lowest BCUT2D eigenvalue weighted by atomic mass is 9.81. The van der Waals surface area contributed by atoms with Gasteiger partial charge in [0.05, 0.1) is 0 Å². The Bertz CT molecular complexity index is 1100. The Balaban J connectivity index is 1.71. The molecule has 1 heterocycles. The number of para-hydroxylation sites is 1. The first kappa shape index (κ1) is 32.2. The van der Waals surface area contributed by atoms with Gasteiger partial charge >= 0.3 is 0 Å². The lowest BCUT2D eigenvalue weighted by Gasteiger charge is -2.30. The van der Waals surface area contributed by atoms with Crippen LogP contribution >= 0.6 is 0 Å². The first-order valence-corrected chi connectivity index (χ1v) is 15.5. The van der Waals surface area contributed by atoms with Gasteiger partial charge in [-0.25, -0.2) is 0 Å². The summed E-state index contributed by atoms with van der Waals surface area (Å²) in [7, 11) is 0. The standard InChI is InChI=1S/C34H49N3O4/c1-5-7-20-35-32(38)29(14-6-2)30(22-25(3)4)33(39)36-31-19-11-12-21-37(34(31)40)24-26-15-13-18-28(23-26)41-27-16-9-8-10-17-27/h8-10,13,15-18,23,25,29-31H,5-7,11-12,14,19-22,24H2,1-4H3,(H,35,38)(H,36,39)/t29?,30?,31-/m0/s1. The second-order valence-corrected chi connectivity index (χ2v) is 11.7. The van der Waals surface area contributed by atoms with Crippen LogP contribution in [0.4, 0.5) is 0 Å². The van der Waals surface area contributed by atoms with Crippen LogP contribution in [0.2, 0.25) is 0 Å². The molecule has 0 aromatic heterocycles. The first-order chi connectivity index (χ1) is 19.8. The second-order valence-electron chi connectivity index (χ2n) is 11.7. The van der Waals surface area contributed by atoms with Crippen LogP contribution in [0.3, 0.4) is 0 Å². The van der Waals surface area contributed by atoms with Crippen molar-refractivity contribution in [3.63, 3.8) is 0 Å². The van der Waals surface area contributed by atoms with E-state index >= 15 is 0 Å². The van der Waals surface area contributed by atoms with Gasteiger partial charge in [-0.1, -0.05) is 70.9 Å². The van der Waals surface area contributed by atoms with Gasteiger partial charge in [-0.2, -0.15) is 0 Å². The molecule has 7 nitrogen and oxygen atoms in total. The Morgan fingerprint density at radius 1 is 0.951 bits per heavy atom. The van der Waals surface area contributed by atoms with Crippen molar-refractivity contribution in [3.05, 3.63) is 60.2 Å². The highest BCUT2D eigenvalue weighted by atomic mass is 16.5. The molecule has 224 valence electrons. The molecule has 0 aliphatic carbocycles. The van der Waals surface area contributed by atoms with Crippen molar-refractivity contribution in [2.75, 3.05) is 13.1 Å². The minimum Gasteiger partial charge on any atom is -0.457 e. The van der Waals surface area contributed by atoms with Crippen molar-refractivity contribution >= 4 is 17.7 Å². The third-order valence-corrected chi connectivity index (χ3v) is 7.66. The summed E-state index contributed by atoms with van der Waals surface area (Å²) in [5, 5.41) is 6.15. The van der Waals surface area contributed by atoms with E-state index in [1.165, 1.54) is 0 Å². The molecule has 2 aromatic rings. The third-order valence-electron chi connectivity index (χ3n) is 7.66. The van der Waals surface area contributed by atoms with E-state index < -0.39 is 17.9 Å². The van der Waals surface area contributed by atoms with Gasteiger partial charge in [0.1, 0.15) is 17.5 Å². The fourth-order valence-electron chi connectivity index (χ4n) is 5.53. The second kappa shape index (κ2) is 16.8. The van der Waals surface area contributed by atoms with Crippen molar-refractivity contribution in [2.45, 2.75) is 91.6 Å². The predicted molar refractivity (Wildman–Crippen MR) is 163 cm³/mol. The molecular formula is C34H49N3O4. The van der Waals surface area contributed by atoms with Gasteiger partial charge in [-0.05, 0) is 74.3 Å². The Morgan fingerprint density at radius 2 is 1.71 bits per heavy atom. The number of benzene rings is 2. The zero-order valence-corrected chi connectivity index (χ0v) is 25.4. The van der Waals surface area contributed by atoms with Crippen molar-refractivity contribution in [1.29, 1.82) is 0 Å². The average Bonchev–Trinajstić information content (AvgIpc) is 3.12. The zero-order chi connectivity index (χ0) is 29.6. The highest BCUT2D eigenvalue weighted by Gasteiger charge is 2.36. The number of carbonyl (C=O) groups excluding carboxylic acids is 3. The molecule has 3 atom stereocenters. The summed E-state index contributed by atoms with van der Waals surface area (Å²) in [5.41, 5.74) is 0.975. The number of hydrogen-bond donors (Lipinski definition) is 2. The fraction of sp³-hybridized carbons (Fsp3) is 0.559. The molecule has 2 aromatic carbocycles. The van der Waals surface area contributed by atoms with Crippen molar-refractivity contribution in [2.24, 2.45) is 17.8 Å². The number of likely N-dealkylation sites (tertiary alicyclic amines) is 1. The largest absolute Gasteiger partial charge is 0.457 e. The molecule has 2 unspecified atom stereocenters. The maximum Gasteiger partial charge on any atom is 0.245 e. The third kappa shape index (κ3) is 10.2. The zero-order valence-electron chi connectivity index (χ0n) is 25.4. The van der Waals surface area contributed by atoms with Crippen molar-refractivity contribution < 1.29 is 19.1 Å². The number of nitrogens with one attached hydrogen (secondary N) is 2. The SMILES string of the molecule is CCCCNC(=O)C(CCC)C(CC(C)C)C(=O)N[C@H]1CCCCN(Cc2cccc(Oc3ccccc3)c2)C1=O. The Hall–Kier alpha value is -3.35. The number of carbonyl (C=O) groups is 3. The molecule has 0 radical (unpaired) electrons. The molecule has 7 heteroatoms. The quantitative estimate of drug-likeness (QED) is 0.243. The molecule has 0 spiro atoms. The number of unbranched alkanes of at least 4 members (excludes halogenated alkanes) is 1. The highest BCUT2D eigenvalue weighted by molar-refractivity contribution is 5.91. The monoisotopic (exact) mass is 563 g/mol. The predicted octanol–water partition coefficient (Wildman–Crippen LogP) is 6.47. The first-order valence-electron chi connectivity index (χ1n) is 15.5. The van der Waals surface area contributed by atoms with Gasteiger partial charge in [-0.15, -0.1) is 0 Å². The summed E-state index contributed by atoms with van der Waals surface area (Å²) in [6, 6.07) is 16.8. The smallest absolute Gasteiger partial charge is 0.245 e. The van der Waals surface area contributed by atoms with E-state index in [-0.39, 0.29) is 23.6 Å². The molecule has 1 aliphatic heterocycles. The van der Waals surface area contributed by atoms with Gasteiger partial charge in [0.15, 0.2) is 0 Å². The molecule has 0 saturated carbocycles. The summed E-state index contributed by atoms with van der Waals surface area (Å²) in [4.78, 5) is 42.5. The molecule has 1 aliphatic rings. The van der Waals surface area contributed by atoms with Crippen LogP contribution in [0.5, 0.6) is 11.5 Å². The van der Waals surface area contributed by atoms with Crippen LogP contribution in [-0.4, -0.2) is 41.8 Å². The van der Waals surface area contributed by atoms with Crippen LogP contribution in [0.25, 0.3) is 0 Å². The molecule has 0 bridgehead atoms. The van der Waals surface area contributed by atoms with E-state index in [0.717, 1.165) is 49.2 Å². The molecule has 41 heavy (non-hydrogen) atoms. The van der Waals surface area contributed by atoms with Crippen LogP contribution in [-0.2, 0) is 20.9 Å². The van der Waals surface area contributed by atoms with Crippen molar-refractivity contribution in [3.8, 4) is 11.5 Å². The fourth-order valence-corrected chi connectivity index (χ4v) is 5.53.